The average Bonchev–Trinajstić information content (AvgIpc) is 2.51. The van der Waals surface area contributed by atoms with E-state index < -0.39 is 0 Å². The number of morpholine rings is 1. The van der Waals surface area contributed by atoms with Crippen molar-refractivity contribution >= 4 is 17.3 Å². The molecule has 1 heterocycles. The number of benzene rings is 1. The topological polar surface area (TPSA) is 36.5 Å². The van der Waals surface area contributed by atoms with Crippen molar-refractivity contribution in [3.8, 4) is 0 Å². The van der Waals surface area contributed by atoms with Crippen LogP contribution in [0.15, 0.2) is 36.4 Å². The Morgan fingerprint density at radius 1 is 1.17 bits per heavy atom. The third-order valence-electron chi connectivity index (χ3n) is 3.93. The summed E-state index contributed by atoms with van der Waals surface area (Å²) in [5, 5.41) is 7.01. The molecular formula is C19H29N3OS. The molecule has 1 aliphatic rings. The number of rotatable bonds is 6. The lowest BCUT2D eigenvalue weighted by molar-refractivity contribution is -0.0704. The zero-order valence-corrected chi connectivity index (χ0v) is 15.8. The van der Waals surface area contributed by atoms with Crippen LogP contribution in [0.4, 0.5) is 0 Å². The maximum absolute atomic E-state index is 5.79. The lowest BCUT2D eigenvalue weighted by atomic mass is 10.1. The number of hydrogen-bond donors (Lipinski definition) is 2. The second kappa shape index (κ2) is 9.16. The van der Waals surface area contributed by atoms with Crippen LogP contribution in [0.3, 0.4) is 0 Å². The second-order valence-corrected chi connectivity index (χ2v) is 7.17. The number of hydrogen-bond acceptors (Lipinski definition) is 3. The fourth-order valence-corrected chi connectivity index (χ4v) is 3.05. The zero-order chi connectivity index (χ0) is 17.5. The number of ether oxygens (including phenoxy) is 1. The molecule has 24 heavy (non-hydrogen) atoms. The molecule has 5 heteroatoms. The van der Waals surface area contributed by atoms with Crippen LogP contribution in [0.1, 0.15) is 31.9 Å². The number of thiocarbonyl (C=S) groups is 1. The van der Waals surface area contributed by atoms with Crippen LogP contribution in [-0.2, 0) is 17.8 Å². The van der Waals surface area contributed by atoms with Crippen LogP contribution in [0, 0.1) is 0 Å². The van der Waals surface area contributed by atoms with Crippen molar-refractivity contribution in [3.05, 3.63) is 47.5 Å². The molecule has 0 aliphatic carbocycles. The highest BCUT2D eigenvalue weighted by Crippen LogP contribution is 2.14. The summed E-state index contributed by atoms with van der Waals surface area (Å²) in [7, 11) is 0. The van der Waals surface area contributed by atoms with E-state index in [1.54, 1.807) is 0 Å². The van der Waals surface area contributed by atoms with E-state index in [1.165, 1.54) is 11.1 Å². The molecule has 0 amide bonds. The van der Waals surface area contributed by atoms with Gasteiger partial charge < -0.3 is 15.4 Å². The number of nitrogens with one attached hydrogen (secondary N) is 2. The van der Waals surface area contributed by atoms with Crippen LogP contribution in [0.25, 0.3) is 0 Å². The standard InChI is InChI=1S/C19H29N3OS/c1-14(2)9-20-19(24)21-10-17-5-7-18(8-6-17)13-22-11-15(3)23-16(4)12-22/h5-8,15-16H,1,9-13H2,2-4H3,(H2,20,21,24)/t15-,16-/m1/s1. The van der Waals surface area contributed by atoms with E-state index in [9.17, 15) is 0 Å². The van der Waals surface area contributed by atoms with Gasteiger partial charge in [0.05, 0.1) is 12.2 Å². The Kier molecular flexibility index (Phi) is 7.21. The molecule has 0 radical (unpaired) electrons. The normalized spacial score (nSPS) is 21.3. The van der Waals surface area contributed by atoms with Gasteiger partial charge >= 0.3 is 0 Å². The molecular weight excluding hydrogens is 318 g/mol. The fourth-order valence-electron chi connectivity index (χ4n) is 2.91. The summed E-state index contributed by atoms with van der Waals surface area (Å²) < 4.78 is 5.79. The highest BCUT2D eigenvalue weighted by Gasteiger charge is 2.21. The van der Waals surface area contributed by atoms with Gasteiger partial charge in [0.15, 0.2) is 5.11 Å². The highest BCUT2D eigenvalue weighted by molar-refractivity contribution is 7.80. The third-order valence-corrected chi connectivity index (χ3v) is 4.22. The Bertz CT molecular complexity index is 548. The summed E-state index contributed by atoms with van der Waals surface area (Å²) in [6.07, 6.45) is 0.620. The molecule has 2 atom stereocenters. The zero-order valence-electron chi connectivity index (χ0n) is 15.0. The van der Waals surface area contributed by atoms with Crippen molar-refractivity contribution in [2.45, 2.75) is 46.1 Å². The van der Waals surface area contributed by atoms with Gasteiger partial charge in [-0.3, -0.25) is 4.90 Å². The SMILES string of the molecule is C=C(C)CNC(=S)NCc1ccc(CN2C[C@@H](C)O[C@H](C)C2)cc1. The summed E-state index contributed by atoms with van der Waals surface area (Å²) in [6, 6.07) is 8.73. The molecule has 1 aromatic carbocycles. The van der Waals surface area contributed by atoms with Crippen LogP contribution in [-0.4, -0.2) is 41.9 Å². The molecule has 1 aliphatic heterocycles. The van der Waals surface area contributed by atoms with E-state index in [2.05, 4.69) is 60.2 Å². The lowest BCUT2D eigenvalue weighted by Crippen LogP contribution is -2.44. The molecule has 0 spiro atoms. The Balaban J connectivity index is 1.78. The van der Waals surface area contributed by atoms with Gasteiger partial charge in [0.2, 0.25) is 0 Å². The first kappa shape index (κ1) is 18.9. The van der Waals surface area contributed by atoms with Gasteiger partial charge in [0.1, 0.15) is 0 Å². The minimum Gasteiger partial charge on any atom is -0.373 e. The quantitative estimate of drug-likeness (QED) is 0.611. The van der Waals surface area contributed by atoms with Gasteiger partial charge in [-0.15, -0.1) is 0 Å². The first-order valence-electron chi connectivity index (χ1n) is 8.54. The van der Waals surface area contributed by atoms with E-state index in [-0.39, 0.29) is 0 Å². The molecule has 2 N–H and O–H groups in total. The van der Waals surface area contributed by atoms with Gasteiger partial charge in [-0.25, -0.2) is 0 Å². The van der Waals surface area contributed by atoms with E-state index >= 15 is 0 Å². The van der Waals surface area contributed by atoms with Crippen molar-refractivity contribution in [1.82, 2.24) is 15.5 Å². The van der Waals surface area contributed by atoms with Gasteiger partial charge in [-0.05, 0) is 44.1 Å². The van der Waals surface area contributed by atoms with Crippen LogP contribution in [0.5, 0.6) is 0 Å². The molecule has 1 aromatic rings. The largest absolute Gasteiger partial charge is 0.373 e. The van der Waals surface area contributed by atoms with Crippen molar-refractivity contribution in [3.63, 3.8) is 0 Å². The first-order valence-corrected chi connectivity index (χ1v) is 8.95. The Morgan fingerprint density at radius 2 is 1.75 bits per heavy atom. The van der Waals surface area contributed by atoms with Crippen LogP contribution < -0.4 is 10.6 Å². The van der Waals surface area contributed by atoms with Crippen molar-refractivity contribution < 1.29 is 4.74 Å². The first-order chi connectivity index (χ1) is 11.4. The summed E-state index contributed by atoms with van der Waals surface area (Å²) in [5.41, 5.74) is 3.63. The highest BCUT2D eigenvalue weighted by atomic mass is 32.1. The van der Waals surface area contributed by atoms with E-state index in [0.717, 1.165) is 31.8 Å². The molecule has 132 valence electrons. The summed E-state index contributed by atoms with van der Waals surface area (Å²) in [5.74, 6) is 0. The second-order valence-electron chi connectivity index (χ2n) is 6.76. The molecule has 4 nitrogen and oxygen atoms in total. The molecule has 0 bridgehead atoms. The van der Waals surface area contributed by atoms with Crippen LogP contribution in [0.2, 0.25) is 0 Å². The molecule has 0 unspecified atom stereocenters. The average molecular weight is 348 g/mol. The predicted molar refractivity (Wildman–Crippen MR) is 104 cm³/mol. The maximum atomic E-state index is 5.79. The van der Waals surface area contributed by atoms with Gasteiger partial charge in [-0.1, -0.05) is 36.4 Å². The number of nitrogens with zero attached hydrogens (tertiary/aromatic N) is 1. The minimum absolute atomic E-state index is 0.310. The van der Waals surface area contributed by atoms with Gasteiger partial charge in [0.25, 0.3) is 0 Å². The molecule has 1 saturated heterocycles. The minimum atomic E-state index is 0.310. The predicted octanol–water partition coefficient (Wildman–Crippen LogP) is 2.84. The Labute approximate surface area is 151 Å². The van der Waals surface area contributed by atoms with Gasteiger partial charge in [0, 0.05) is 32.7 Å². The van der Waals surface area contributed by atoms with E-state index in [0.29, 0.717) is 23.9 Å². The monoisotopic (exact) mass is 347 g/mol. The Hall–Kier alpha value is -1.43. The molecule has 0 saturated carbocycles. The van der Waals surface area contributed by atoms with Crippen molar-refractivity contribution in [1.29, 1.82) is 0 Å². The summed E-state index contributed by atoms with van der Waals surface area (Å²) >= 11 is 5.25. The lowest BCUT2D eigenvalue weighted by Gasteiger charge is -2.35. The van der Waals surface area contributed by atoms with E-state index in [4.69, 9.17) is 17.0 Å². The van der Waals surface area contributed by atoms with E-state index in [1.807, 2.05) is 6.92 Å². The summed E-state index contributed by atoms with van der Waals surface area (Å²) in [4.78, 5) is 2.46. The fraction of sp³-hybridized carbons (Fsp3) is 0.526. The molecule has 2 rings (SSSR count). The van der Waals surface area contributed by atoms with Crippen molar-refractivity contribution in [2.24, 2.45) is 0 Å². The molecule has 0 aromatic heterocycles. The summed E-state index contributed by atoms with van der Waals surface area (Å²) in [6.45, 7) is 14.5. The van der Waals surface area contributed by atoms with Gasteiger partial charge in [-0.2, -0.15) is 0 Å². The smallest absolute Gasteiger partial charge is 0.166 e. The Morgan fingerprint density at radius 3 is 2.33 bits per heavy atom. The molecule has 1 fully saturated rings. The third kappa shape index (κ3) is 6.59. The maximum Gasteiger partial charge on any atom is 0.166 e. The van der Waals surface area contributed by atoms with Crippen molar-refractivity contribution in [2.75, 3.05) is 19.6 Å². The van der Waals surface area contributed by atoms with Crippen LogP contribution >= 0.6 is 12.2 Å².